The van der Waals surface area contributed by atoms with E-state index in [0.29, 0.717) is 17.4 Å². The van der Waals surface area contributed by atoms with Crippen molar-refractivity contribution in [1.29, 1.82) is 0 Å². The second-order valence-corrected chi connectivity index (χ2v) is 10.4. The van der Waals surface area contributed by atoms with Crippen LogP contribution in [0.25, 0.3) is 0 Å². The van der Waals surface area contributed by atoms with Crippen LogP contribution in [0.15, 0.2) is 6.07 Å². The molecule has 156 valence electrons. The minimum atomic E-state index is -2.77. The third-order valence-corrected chi connectivity index (χ3v) is 7.75. The van der Waals surface area contributed by atoms with Crippen LogP contribution in [0, 0.1) is 12.8 Å². The summed E-state index contributed by atoms with van der Waals surface area (Å²) in [4.78, 5) is 16.4. The first-order valence-electron chi connectivity index (χ1n) is 10.3. The van der Waals surface area contributed by atoms with Gasteiger partial charge in [0.25, 0.3) is 0 Å². The Morgan fingerprint density at radius 3 is 2.14 bits per heavy atom. The number of aryl methyl sites for hydroxylation is 1. The van der Waals surface area contributed by atoms with Crippen molar-refractivity contribution in [2.24, 2.45) is 5.92 Å². The van der Waals surface area contributed by atoms with Crippen LogP contribution in [0.2, 0.25) is 0 Å². The van der Waals surface area contributed by atoms with Crippen LogP contribution in [0.5, 0.6) is 0 Å². The van der Waals surface area contributed by atoms with Crippen molar-refractivity contribution in [2.45, 2.75) is 19.8 Å². The normalized spacial score (nSPS) is 24.5. The second-order valence-electron chi connectivity index (χ2n) is 8.11. The third kappa shape index (κ3) is 4.93. The van der Waals surface area contributed by atoms with Gasteiger partial charge in [-0.1, -0.05) is 0 Å². The lowest BCUT2D eigenvalue weighted by atomic mass is 10.0. The van der Waals surface area contributed by atoms with Gasteiger partial charge in [-0.15, -0.1) is 0 Å². The first-order chi connectivity index (χ1) is 13.5. The average molecular weight is 410 g/mol. The third-order valence-electron chi connectivity index (χ3n) is 6.03. The molecule has 3 fully saturated rings. The Hall–Kier alpha value is -1.45. The van der Waals surface area contributed by atoms with E-state index in [4.69, 9.17) is 4.74 Å². The number of morpholine rings is 1. The molecule has 8 nitrogen and oxygen atoms in total. The average Bonchev–Trinajstić information content (AvgIpc) is 2.70. The van der Waals surface area contributed by atoms with Gasteiger partial charge in [0.2, 0.25) is 0 Å². The lowest BCUT2D eigenvalue weighted by molar-refractivity contribution is 0.122. The molecule has 3 saturated heterocycles. The first kappa shape index (κ1) is 19.8. The van der Waals surface area contributed by atoms with Crippen molar-refractivity contribution in [2.75, 3.05) is 80.3 Å². The highest BCUT2D eigenvalue weighted by molar-refractivity contribution is 7.91. The van der Waals surface area contributed by atoms with Crippen molar-refractivity contribution in [3.63, 3.8) is 0 Å². The maximum absolute atomic E-state index is 11.6. The maximum Gasteiger partial charge on any atom is 0.150 e. The van der Waals surface area contributed by atoms with E-state index < -0.39 is 9.84 Å². The van der Waals surface area contributed by atoms with Crippen molar-refractivity contribution in [1.82, 2.24) is 14.9 Å². The molecular weight excluding hydrogens is 378 g/mol. The number of ether oxygens (including phenoxy) is 1. The summed E-state index contributed by atoms with van der Waals surface area (Å²) >= 11 is 0. The van der Waals surface area contributed by atoms with Crippen LogP contribution in [0.4, 0.5) is 11.6 Å². The Morgan fingerprint density at radius 1 is 0.964 bits per heavy atom. The molecule has 9 heteroatoms. The molecule has 0 atom stereocenters. The van der Waals surface area contributed by atoms with Crippen LogP contribution in [-0.2, 0) is 14.6 Å². The number of nitrogens with zero attached hydrogens (tertiary/aromatic N) is 5. The fourth-order valence-electron chi connectivity index (χ4n) is 4.30. The molecule has 1 aromatic heterocycles. The summed E-state index contributed by atoms with van der Waals surface area (Å²) in [5.74, 6) is 4.06. The summed E-state index contributed by atoms with van der Waals surface area (Å²) in [5.41, 5.74) is 0. The quantitative estimate of drug-likeness (QED) is 0.714. The van der Waals surface area contributed by atoms with E-state index in [1.165, 1.54) is 0 Å². The zero-order chi connectivity index (χ0) is 19.6. The molecule has 0 saturated carbocycles. The summed E-state index contributed by atoms with van der Waals surface area (Å²) in [6, 6.07) is 2.11. The lowest BCUT2D eigenvalue weighted by Gasteiger charge is -2.38. The molecule has 0 aliphatic carbocycles. The van der Waals surface area contributed by atoms with E-state index in [9.17, 15) is 8.42 Å². The fraction of sp³-hybridized carbons (Fsp3) is 0.789. The van der Waals surface area contributed by atoms with Gasteiger partial charge in [0.15, 0.2) is 0 Å². The van der Waals surface area contributed by atoms with Gasteiger partial charge >= 0.3 is 0 Å². The van der Waals surface area contributed by atoms with Gasteiger partial charge in [0.1, 0.15) is 27.3 Å². The van der Waals surface area contributed by atoms with E-state index in [0.717, 1.165) is 89.3 Å². The Kier molecular flexibility index (Phi) is 6.03. The summed E-state index contributed by atoms with van der Waals surface area (Å²) in [6.45, 7) is 10.1. The molecular formula is C19H31N5O3S. The predicted molar refractivity (Wildman–Crippen MR) is 110 cm³/mol. The van der Waals surface area contributed by atoms with E-state index in [1.54, 1.807) is 0 Å². The molecule has 0 unspecified atom stereocenters. The highest BCUT2D eigenvalue weighted by Gasteiger charge is 2.27. The van der Waals surface area contributed by atoms with Gasteiger partial charge in [-0.2, -0.15) is 0 Å². The molecule has 0 bridgehead atoms. The molecule has 3 aliphatic heterocycles. The van der Waals surface area contributed by atoms with Crippen LogP contribution >= 0.6 is 0 Å². The Balaban J connectivity index is 1.33. The van der Waals surface area contributed by atoms with Crippen LogP contribution in [-0.4, -0.2) is 93.8 Å². The van der Waals surface area contributed by atoms with Crippen LogP contribution in [0.3, 0.4) is 0 Å². The summed E-state index contributed by atoms with van der Waals surface area (Å²) in [6.07, 6.45) is 1.63. The van der Waals surface area contributed by atoms with E-state index in [-0.39, 0.29) is 0 Å². The number of hydrogen-bond donors (Lipinski definition) is 0. The van der Waals surface area contributed by atoms with E-state index >= 15 is 0 Å². The summed E-state index contributed by atoms with van der Waals surface area (Å²) in [7, 11) is -2.77. The topological polar surface area (TPSA) is 78.9 Å². The number of piperazine rings is 1. The SMILES string of the molecule is Cc1nc(N2CCOCC2)cc(N2CCN(CC3CCS(=O)(=O)CC3)CC2)n1. The molecule has 28 heavy (non-hydrogen) atoms. The number of aromatic nitrogens is 2. The molecule has 0 aromatic carbocycles. The number of sulfone groups is 1. The van der Waals surface area contributed by atoms with Gasteiger partial charge in [0, 0.05) is 51.9 Å². The molecule has 3 aliphatic rings. The van der Waals surface area contributed by atoms with Crippen molar-refractivity contribution >= 4 is 21.5 Å². The molecule has 0 N–H and O–H groups in total. The summed E-state index contributed by atoms with van der Waals surface area (Å²) < 4.78 is 28.7. The van der Waals surface area contributed by atoms with Gasteiger partial charge < -0.3 is 14.5 Å². The fourth-order valence-corrected chi connectivity index (χ4v) is 5.89. The second kappa shape index (κ2) is 8.51. The van der Waals surface area contributed by atoms with Gasteiger partial charge in [-0.25, -0.2) is 18.4 Å². The molecule has 1 aromatic rings. The summed E-state index contributed by atoms with van der Waals surface area (Å²) in [5, 5.41) is 0. The molecule has 4 rings (SSSR count). The Labute approximate surface area is 167 Å². The molecule has 0 radical (unpaired) electrons. The van der Waals surface area contributed by atoms with Crippen molar-refractivity contribution in [3.05, 3.63) is 11.9 Å². The van der Waals surface area contributed by atoms with Gasteiger partial charge in [-0.3, -0.25) is 4.90 Å². The van der Waals surface area contributed by atoms with E-state index in [1.807, 2.05) is 6.92 Å². The van der Waals surface area contributed by atoms with Crippen molar-refractivity contribution < 1.29 is 13.2 Å². The standard InChI is InChI=1S/C19H31N5O3S/c1-16-20-18(14-19(21-16)24-8-10-27-11-9-24)23-6-4-22(5-7-23)15-17-2-12-28(25,26)13-3-17/h14,17H,2-13,15H2,1H3. The smallest absolute Gasteiger partial charge is 0.150 e. The number of rotatable bonds is 4. The Morgan fingerprint density at radius 2 is 1.54 bits per heavy atom. The lowest BCUT2D eigenvalue weighted by Crippen LogP contribution is -2.48. The highest BCUT2D eigenvalue weighted by atomic mass is 32.2. The van der Waals surface area contributed by atoms with E-state index in [2.05, 4.69) is 30.7 Å². The Bertz CT molecular complexity index is 760. The van der Waals surface area contributed by atoms with Gasteiger partial charge in [0.05, 0.1) is 24.7 Å². The van der Waals surface area contributed by atoms with Gasteiger partial charge in [-0.05, 0) is 25.7 Å². The largest absolute Gasteiger partial charge is 0.378 e. The van der Waals surface area contributed by atoms with Crippen LogP contribution in [0.1, 0.15) is 18.7 Å². The molecule has 4 heterocycles. The highest BCUT2D eigenvalue weighted by Crippen LogP contribution is 2.23. The maximum atomic E-state index is 11.6. The van der Waals surface area contributed by atoms with Crippen LogP contribution < -0.4 is 9.80 Å². The monoisotopic (exact) mass is 409 g/mol. The zero-order valence-electron chi connectivity index (χ0n) is 16.7. The molecule has 0 amide bonds. The number of hydrogen-bond acceptors (Lipinski definition) is 8. The number of anilines is 2. The first-order valence-corrected chi connectivity index (χ1v) is 12.2. The van der Waals surface area contributed by atoms with Crippen molar-refractivity contribution in [3.8, 4) is 0 Å². The molecule has 0 spiro atoms. The minimum Gasteiger partial charge on any atom is -0.378 e. The minimum absolute atomic E-state index is 0.363. The zero-order valence-corrected chi connectivity index (χ0v) is 17.5. The predicted octanol–water partition coefficient (Wildman–Crippen LogP) is 0.568.